The predicted octanol–water partition coefficient (Wildman–Crippen LogP) is 1.62. The zero-order chi connectivity index (χ0) is 12.1. The number of nitrogens with one attached hydrogen (secondary N) is 2. The Morgan fingerprint density at radius 1 is 1.56 bits per heavy atom. The maximum absolute atomic E-state index is 11.6. The fourth-order valence-corrected chi connectivity index (χ4v) is 1.93. The molecule has 18 heavy (non-hydrogen) atoms. The summed E-state index contributed by atoms with van der Waals surface area (Å²) in [4.78, 5) is 11.6. The first-order valence-corrected chi connectivity index (χ1v) is 6.00. The Balaban J connectivity index is 0.00000162. The van der Waals surface area contributed by atoms with Crippen molar-refractivity contribution in [1.29, 1.82) is 0 Å². The Hall–Kier alpha value is -0.970. The van der Waals surface area contributed by atoms with Gasteiger partial charge in [-0.15, -0.1) is 12.4 Å². The van der Waals surface area contributed by atoms with Crippen LogP contribution in [0.1, 0.15) is 6.42 Å². The number of hydrogen-bond donors (Lipinski definition) is 2. The van der Waals surface area contributed by atoms with Crippen molar-refractivity contribution in [2.24, 2.45) is 0 Å². The summed E-state index contributed by atoms with van der Waals surface area (Å²) in [6.07, 6.45) is 0.975. The van der Waals surface area contributed by atoms with Crippen LogP contribution in [0, 0.1) is 0 Å². The fraction of sp³-hybridized carbons (Fsp3) is 0.417. The highest BCUT2D eigenvalue weighted by Crippen LogP contribution is 2.16. The molecule has 2 N–H and O–H groups in total. The Morgan fingerprint density at radius 2 is 2.39 bits per heavy atom. The molecule has 1 unspecified atom stereocenters. The van der Waals surface area contributed by atoms with Crippen LogP contribution in [0.2, 0.25) is 5.02 Å². The van der Waals surface area contributed by atoms with Crippen molar-refractivity contribution in [2.45, 2.75) is 12.5 Å². The minimum absolute atomic E-state index is 0. The molecule has 0 saturated carbocycles. The van der Waals surface area contributed by atoms with Gasteiger partial charge in [-0.1, -0.05) is 17.7 Å². The van der Waals surface area contributed by atoms with Gasteiger partial charge in [0.25, 0.3) is 5.91 Å². The normalized spacial score (nSPS) is 17.9. The molecule has 0 spiro atoms. The van der Waals surface area contributed by atoms with Crippen LogP contribution in [0.3, 0.4) is 0 Å². The third kappa shape index (κ3) is 4.72. The Bertz CT molecular complexity index is 395. The quantitative estimate of drug-likeness (QED) is 0.886. The molecule has 0 aliphatic carbocycles. The lowest BCUT2D eigenvalue weighted by Crippen LogP contribution is -2.39. The van der Waals surface area contributed by atoms with Crippen LogP contribution in [-0.4, -0.2) is 31.6 Å². The second kappa shape index (κ2) is 7.46. The molecule has 6 heteroatoms. The van der Waals surface area contributed by atoms with Gasteiger partial charge in [0.1, 0.15) is 5.75 Å². The fourth-order valence-electron chi connectivity index (χ4n) is 1.75. The average molecular weight is 291 g/mol. The largest absolute Gasteiger partial charge is 0.484 e. The van der Waals surface area contributed by atoms with Crippen molar-refractivity contribution in [3.05, 3.63) is 29.3 Å². The number of ether oxygens (including phenoxy) is 1. The summed E-state index contributed by atoms with van der Waals surface area (Å²) in [5.41, 5.74) is 0. The van der Waals surface area contributed by atoms with E-state index in [-0.39, 0.29) is 31.0 Å². The van der Waals surface area contributed by atoms with Gasteiger partial charge in [0.2, 0.25) is 0 Å². The third-order valence-electron chi connectivity index (χ3n) is 2.59. The number of benzene rings is 1. The van der Waals surface area contributed by atoms with Crippen molar-refractivity contribution >= 4 is 29.9 Å². The first kappa shape index (κ1) is 15.1. The molecule has 2 rings (SSSR count). The zero-order valence-corrected chi connectivity index (χ0v) is 11.4. The molecule has 1 aromatic carbocycles. The van der Waals surface area contributed by atoms with E-state index in [4.69, 9.17) is 16.3 Å². The molecule has 0 aromatic heterocycles. The minimum atomic E-state index is -0.0984. The number of amides is 1. The molecule has 4 nitrogen and oxygen atoms in total. The van der Waals surface area contributed by atoms with Crippen LogP contribution < -0.4 is 15.4 Å². The summed E-state index contributed by atoms with van der Waals surface area (Å²) >= 11 is 5.81. The van der Waals surface area contributed by atoms with Crippen LogP contribution in [0.5, 0.6) is 5.75 Å². The van der Waals surface area contributed by atoms with E-state index in [1.165, 1.54) is 0 Å². The lowest BCUT2D eigenvalue weighted by atomic mass is 10.2. The Kier molecular flexibility index (Phi) is 6.25. The molecule has 0 radical (unpaired) electrons. The van der Waals surface area contributed by atoms with Crippen LogP contribution in [-0.2, 0) is 4.79 Å². The summed E-state index contributed by atoms with van der Waals surface area (Å²) in [7, 11) is 0. The van der Waals surface area contributed by atoms with Gasteiger partial charge in [-0.3, -0.25) is 4.79 Å². The van der Waals surface area contributed by atoms with E-state index < -0.39 is 0 Å². The van der Waals surface area contributed by atoms with Gasteiger partial charge in [-0.2, -0.15) is 0 Å². The van der Waals surface area contributed by atoms with Gasteiger partial charge in [0.15, 0.2) is 6.61 Å². The molecule has 1 atom stereocenters. The van der Waals surface area contributed by atoms with Gasteiger partial charge < -0.3 is 15.4 Å². The van der Waals surface area contributed by atoms with Crippen LogP contribution >= 0.6 is 24.0 Å². The number of rotatable bonds is 4. The standard InChI is InChI=1S/C12H15ClN2O2.ClH/c13-9-2-1-3-11(6-9)17-8-12(16)15-10-4-5-14-7-10;/h1-3,6,10,14H,4-5,7-8H2,(H,15,16);1H. The smallest absolute Gasteiger partial charge is 0.258 e. The van der Waals surface area contributed by atoms with Crippen molar-refractivity contribution in [3.63, 3.8) is 0 Å². The van der Waals surface area contributed by atoms with Crippen LogP contribution in [0.25, 0.3) is 0 Å². The van der Waals surface area contributed by atoms with E-state index in [9.17, 15) is 4.79 Å². The third-order valence-corrected chi connectivity index (χ3v) is 2.83. The molecule has 1 heterocycles. The van der Waals surface area contributed by atoms with Gasteiger partial charge >= 0.3 is 0 Å². The van der Waals surface area contributed by atoms with Gasteiger partial charge in [-0.05, 0) is 31.2 Å². The number of halogens is 2. The minimum Gasteiger partial charge on any atom is -0.484 e. The molecular formula is C12H16Cl2N2O2. The highest BCUT2D eigenvalue weighted by Gasteiger charge is 2.16. The number of carbonyl (C=O) groups excluding carboxylic acids is 1. The summed E-state index contributed by atoms with van der Waals surface area (Å²) < 4.78 is 5.34. The van der Waals surface area contributed by atoms with Crippen LogP contribution in [0.4, 0.5) is 0 Å². The first-order valence-electron chi connectivity index (χ1n) is 5.62. The van der Waals surface area contributed by atoms with Crippen molar-refractivity contribution < 1.29 is 9.53 Å². The summed E-state index contributed by atoms with van der Waals surface area (Å²) in [5, 5.41) is 6.69. The zero-order valence-electron chi connectivity index (χ0n) is 9.82. The maximum atomic E-state index is 11.6. The summed E-state index contributed by atoms with van der Waals surface area (Å²) in [6.45, 7) is 1.82. The maximum Gasteiger partial charge on any atom is 0.258 e. The predicted molar refractivity (Wildman–Crippen MR) is 73.6 cm³/mol. The van der Waals surface area contributed by atoms with Gasteiger partial charge in [0.05, 0.1) is 0 Å². The summed E-state index contributed by atoms with van der Waals surface area (Å²) in [5.74, 6) is 0.510. The highest BCUT2D eigenvalue weighted by atomic mass is 35.5. The van der Waals surface area contributed by atoms with Gasteiger partial charge in [-0.25, -0.2) is 0 Å². The monoisotopic (exact) mass is 290 g/mol. The molecule has 1 aliphatic rings. The molecule has 1 saturated heterocycles. The van der Waals surface area contributed by atoms with E-state index in [1.807, 2.05) is 0 Å². The second-order valence-corrected chi connectivity index (χ2v) is 4.44. The molecule has 1 amide bonds. The highest BCUT2D eigenvalue weighted by molar-refractivity contribution is 6.30. The first-order chi connectivity index (χ1) is 8.24. The van der Waals surface area contributed by atoms with E-state index in [0.29, 0.717) is 10.8 Å². The topological polar surface area (TPSA) is 50.4 Å². The van der Waals surface area contributed by atoms with Crippen molar-refractivity contribution in [1.82, 2.24) is 10.6 Å². The molecular weight excluding hydrogens is 275 g/mol. The molecule has 1 fully saturated rings. The molecule has 0 bridgehead atoms. The Morgan fingerprint density at radius 3 is 3.06 bits per heavy atom. The van der Waals surface area contributed by atoms with E-state index in [1.54, 1.807) is 24.3 Å². The Labute approximate surface area is 117 Å². The van der Waals surface area contributed by atoms with Crippen LogP contribution in [0.15, 0.2) is 24.3 Å². The lowest BCUT2D eigenvalue weighted by Gasteiger charge is -2.12. The van der Waals surface area contributed by atoms with Crippen molar-refractivity contribution in [3.8, 4) is 5.75 Å². The van der Waals surface area contributed by atoms with E-state index in [2.05, 4.69) is 10.6 Å². The number of carbonyl (C=O) groups is 1. The molecule has 1 aliphatic heterocycles. The SMILES string of the molecule is Cl.O=C(COc1cccc(Cl)c1)NC1CCNC1. The second-order valence-electron chi connectivity index (χ2n) is 4.00. The number of hydrogen-bond acceptors (Lipinski definition) is 3. The van der Waals surface area contributed by atoms with E-state index in [0.717, 1.165) is 19.5 Å². The lowest BCUT2D eigenvalue weighted by molar-refractivity contribution is -0.123. The van der Waals surface area contributed by atoms with E-state index >= 15 is 0 Å². The molecule has 1 aromatic rings. The average Bonchev–Trinajstić information content (AvgIpc) is 2.79. The summed E-state index contributed by atoms with van der Waals surface area (Å²) in [6, 6.07) is 7.24. The van der Waals surface area contributed by atoms with Crippen molar-refractivity contribution in [2.75, 3.05) is 19.7 Å². The van der Waals surface area contributed by atoms with Gasteiger partial charge in [0, 0.05) is 17.6 Å². The molecule has 100 valence electrons.